The van der Waals surface area contributed by atoms with Crippen molar-refractivity contribution in [3.8, 4) is 0 Å². The lowest BCUT2D eigenvalue weighted by Gasteiger charge is -2.38. The molecule has 0 saturated carbocycles. The van der Waals surface area contributed by atoms with Crippen LogP contribution >= 0.6 is 0 Å². The van der Waals surface area contributed by atoms with Crippen LogP contribution in [0.15, 0.2) is 84.9 Å². The number of primary amides is 2. The molecule has 0 spiro atoms. The van der Waals surface area contributed by atoms with E-state index in [1.165, 1.54) is 0 Å². The highest BCUT2D eigenvalue weighted by Gasteiger charge is 2.37. The zero-order valence-corrected chi connectivity index (χ0v) is 21.0. The summed E-state index contributed by atoms with van der Waals surface area (Å²) in [5.41, 5.74) is 20.1. The van der Waals surface area contributed by atoms with Crippen molar-refractivity contribution in [2.24, 2.45) is 17.2 Å². The van der Waals surface area contributed by atoms with Gasteiger partial charge in [-0.2, -0.15) is 0 Å². The van der Waals surface area contributed by atoms with Crippen molar-refractivity contribution in [1.82, 2.24) is 10.2 Å². The Bertz CT molecular complexity index is 1130. The molecular formula is C29H35N5O3. The predicted octanol–water partition coefficient (Wildman–Crippen LogP) is 3.17. The summed E-state index contributed by atoms with van der Waals surface area (Å²) in [6, 6.07) is 24.6. The van der Waals surface area contributed by atoms with Crippen LogP contribution < -0.4 is 22.5 Å². The maximum absolute atomic E-state index is 14.4. The predicted molar refractivity (Wildman–Crippen MR) is 144 cm³/mol. The minimum atomic E-state index is -0.836. The van der Waals surface area contributed by atoms with Gasteiger partial charge in [0.25, 0.3) is 0 Å². The summed E-state index contributed by atoms with van der Waals surface area (Å²) in [5.74, 6) is -1.41. The van der Waals surface area contributed by atoms with Crippen LogP contribution in [0.2, 0.25) is 0 Å². The van der Waals surface area contributed by atoms with Gasteiger partial charge in [-0.15, -0.1) is 0 Å². The van der Waals surface area contributed by atoms with E-state index in [2.05, 4.69) is 5.32 Å². The summed E-state index contributed by atoms with van der Waals surface area (Å²) in [7, 11) is 0. The van der Waals surface area contributed by atoms with E-state index in [0.717, 1.165) is 22.3 Å². The zero-order chi connectivity index (χ0) is 26.8. The van der Waals surface area contributed by atoms with E-state index in [-0.39, 0.29) is 12.5 Å². The summed E-state index contributed by atoms with van der Waals surface area (Å²) < 4.78 is 0. The smallest absolute Gasteiger partial charge is 0.312 e. The summed E-state index contributed by atoms with van der Waals surface area (Å²) in [4.78, 5) is 39.8. The van der Waals surface area contributed by atoms with Crippen LogP contribution in [0.25, 0.3) is 0 Å². The number of nitrogens with one attached hydrogen (secondary N) is 1. The molecule has 0 heterocycles. The average Bonchev–Trinajstić information content (AvgIpc) is 2.91. The lowest BCUT2D eigenvalue weighted by molar-refractivity contribution is -0.142. The number of nitrogens with two attached hydrogens (primary N) is 3. The summed E-state index contributed by atoms with van der Waals surface area (Å²) in [6.07, 6.45) is 0.905. The van der Waals surface area contributed by atoms with Crippen molar-refractivity contribution >= 4 is 17.8 Å². The fourth-order valence-electron chi connectivity index (χ4n) is 4.53. The number of amides is 4. The normalized spacial score (nSPS) is 12.5. The molecule has 3 aromatic carbocycles. The largest absolute Gasteiger partial charge is 0.368 e. The van der Waals surface area contributed by atoms with Gasteiger partial charge in [-0.1, -0.05) is 84.9 Å². The van der Waals surface area contributed by atoms with Gasteiger partial charge in [-0.05, 0) is 48.6 Å². The molecule has 0 aromatic heterocycles. The molecule has 0 unspecified atom stereocenters. The molecule has 3 rings (SSSR count). The van der Waals surface area contributed by atoms with Crippen molar-refractivity contribution in [2.45, 2.75) is 44.3 Å². The topological polar surface area (TPSA) is 145 Å². The molecule has 0 saturated heterocycles. The highest BCUT2D eigenvalue weighted by Crippen LogP contribution is 2.33. The number of nitrogens with zero attached hydrogens (tertiary/aromatic N) is 1. The van der Waals surface area contributed by atoms with Crippen molar-refractivity contribution in [1.29, 1.82) is 0 Å². The molecule has 3 aromatic rings. The van der Waals surface area contributed by atoms with Crippen LogP contribution in [0, 0.1) is 0 Å². The average molecular weight is 502 g/mol. The second-order valence-electron chi connectivity index (χ2n) is 8.98. The molecule has 0 bridgehead atoms. The van der Waals surface area contributed by atoms with Gasteiger partial charge in [-0.3, -0.25) is 9.59 Å². The minimum Gasteiger partial charge on any atom is -0.368 e. The van der Waals surface area contributed by atoms with Crippen LogP contribution in [0.5, 0.6) is 0 Å². The molecule has 8 nitrogen and oxygen atoms in total. The number of carbonyl (C=O) groups is 3. The van der Waals surface area contributed by atoms with E-state index >= 15 is 0 Å². The lowest BCUT2D eigenvalue weighted by Crippen LogP contribution is -2.51. The number of urea groups is 1. The SMILES string of the molecule is C[C@H](c1ccc(CNC(N)=O)cc1)N(C(=O)C(c1ccccc1)c1ccccc1)[C@H](CCCN)C(N)=O. The first kappa shape index (κ1) is 27.4. The van der Waals surface area contributed by atoms with Gasteiger partial charge in [-0.25, -0.2) is 4.79 Å². The Morgan fingerprint density at radius 1 is 0.811 bits per heavy atom. The standard InChI is InChI=1S/C29H35N5O3/c1-20(22-16-14-21(15-17-22)19-33-29(32)37)34(25(27(31)35)13-8-18-30)28(36)26(23-9-4-2-5-10-23)24-11-6-3-7-12-24/h2-7,9-12,14-17,20,25-26H,8,13,18-19,30H2,1H3,(H2,31,35)(H3,32,33,37)/t20-,25-/m1/s1. The van der Waals surface area contributed by atoms with Crippen LogP contribution in [0.4, 0.5) is 4.79 Å². The van der Waals surface area contributed by atoms with Crippen LogP contribution in [-0.2, 0) is 16.1 Å². The monoisotopic (exact) mass is 501 g/mol. The number of hydrogen-bond acceptors (Lipinski definition) is 4. The highest BCUT2D eigenvalue weighted by molar-refractivity contribution is 5.92. The van der Waals surface area contributed by atoms with Gasteiger partial charge in [0.15, 0.2) is 0 Å². The number of hydrogen-bond donors (Lipinski definition) is 4. The summed E-state index contributed by atoms with van der Waals surface area (Å²) in [6.45, 7) is 2.56. The molecule has 4 amide bonds. The first-order valence-corrected chi connectivity index (χ1v) is 12.4. The summed E-state index contributed by atoms with van der Waals surface area (Å²) >= 11 is 0. The van der Waals surface area contributed by atoms with Crippen LogP contribution in [-0.4, -0.2) is 35.3 Å². The van der Waals surface area contributed by atoms with E-state index in [4.69, 9.17) is 17.2 Å². The van der Waals surface area contributed by atoms with Gasteiger partial charge in [0, 0.05) is 6.54 Å². The third-order valence-electron chi connectivity index (χ3n) is 6.46. The Balaban J connectivity index is 2.05. The van der Waals surface area contributed by atoms with Gasteiger partial charge < -0.3 is 27.4 Å². The number of rotatable bonds is 12. The molecular weight excluding hydrogens is 466 g/mol. The third-order valence-corrected chi connectivity index (χ3v) is 6.46. The second-order valence-corrected chi connectivity index (χ2v) is 8.98. The molecule has 37 heavy (non-hydrogen) atoms. The molecule has 194 valence electrons. The lowest BCUT2D eigenvalue weighted by atomic mass is 9.88. The first-order chi connectivity index (χ1) is 17.8. The molecule has 0 fully saturated rings. The molecule has 7 N–H and O–H groups in total. The quantitative estimate of drug-likeness (QED) is 0.302. The minimum absolute atomic E-state index is 0.217. The van der Waals surface area contributed by atoms with Crippen molar-refractivity contribution in [2.75, 3.05) is 6.54 Å². The van der Waals surface area contributed by atoms with E-state index in [1.54, 1.807) is 4.90 Å². The Morgan fingerprint density at radius 3 is 1.81 bits per heavy atom. The molecule has 0 radical (unpaired) electrons. The van der Waals surface area contributed by atoms with Crippen molar-refractivity contribution < 1.29 is 14.4 Å². The van der Waals surface area contributed by atoms with Crippen LogP contribution in [0.3, 0.4) is 0 Å². The van der Waals surface area contributed by atoms with Crippen LogP contribution in [0.1, 0.15) is 54.0 Å². The van der Waals surface area contributed by atoms with Crippen molar-refractivity contribution in [3.05, 3.63) is 107 Å². The van der Waals surface area contributed by atoms with E-state index in [9.17, 15) is 14.4 Å². The summed E-state index contributed by atoms with van der Waals surface area (Å²) in [5, 5.41) is 2.56. The van der Waals surface area contributed by atoms with Gasteiger partial charge in [0.1, 0.15) is 6.04 Å². The van der Waals surface area contributed by atoms with E-state index < -0.39 is 29.9 Å². The second kappa shape index (κ2) is 13.2. The Morgan fingerprint density at radius 2 is 1.35 bits per heavy atom. The van der Waals surface area contributed by atoms with E-state index in [0.29, 0.717) is 19.4 Å². The van der Waals surface area contributed by atoms with E-state index in [1.807, 2.05) is 91.9 Å². The Hall–Kier alpha value is -4.17. The van der Waals surface area contributed by atoms with Crippen molar-refractivity contribution in [3.63, 3.8) is 0 Å². The van der Waals surface area contributed by atoms with Gasteiger partial charge >= 0.3 is 6.03 Å². The first-order valence-electron chi connectivity index (χ1n) is 12.4. The molecule has 8 heteroatoms. The molecule has 2 atom stereocenters. The zero-order valence-electron chi connectivity index (χ0n) is 21.0. The number of carbonyl (C=O) groups excluding carboxylic acids is 3. The molecule has 0 aliphatic carbocycles. The Kier molecular flexibility index (Phi) is 9.80. The third kappa shape index (κ3) is 7.17. The molecule has 0 aliphatic heterocycles. The fourth-order valence-corrected chi connectivity index (χ4v) is 4.53. The van der Waals surface area contributed by atoms with Gasteiger partial charge in [0.05, 0.1) is 12.0 Å². The maximum Gasteiger partial charge on any atom is 0.312 e. The Labute approximate surface area is 217 Å². The maximum atomic E-state index is 14.4. The van der Waals surface area contributed by atoms with Gasteiger partial charge in [0.2, 0.25) is 11.8 Å². The highest BCUT2D eigenvalue weighted by atomic mass is 16.2. The molecule has 0 aliphatic rings. The fraction of sp³-hybridized carbons (Fsp3) is 0.276. The number of benzene rings is 3.